The first-order valence-corrected chi connectivity index (χ1v) is 9.86. The predicted octanol–water partition coefficient (Wildman–Crippen LogP) is 4.01. The lowest BCUT2D eigenvalue weighted by molar-refractivity contribution is -0.0208. The second-order valence-corrected chi connectivity index (χ2v) is 7.97. The van der Waals surface area contributed by atoms with Gasteiger partial charge in [0.25, 0.3) is 0 Å². The molecule has 2 aromatic heterocycles. The molecule has 0 amide bonds. The Morgan fingerprint density at radius 1 is 1.29 bits per heavy atom. The summed E-state index contributed by atoms with van der Waals surface area (Å²) in [5, 5.41) is 10.6. The van der Waals surface area contributed by atoms with Crippen LogP contribution in [-0.4, -0.2) is 41.1 Å². The first-order valence-electron chi connectivity index (χ1n) is 9.86. The summed E-state index contributed by atoms with van der Waals surface area (Å²) in [7, 11) is 1.96. The van der Waals surface area contributed by atoms with E-state index in [0.717, 1.165) is 42.1 Å². The third-order valence-electron chi connectivity index (χ3n) is 6.11. The van der Waals surface area contributed by atoms with Crippen LogP contribution < -0.4 is 0 Å². The monoisotopic (exact) mass is 386 g/mol. The maximum Gasteiger partial charge on any atom is 0.145 e. The molecule has 1 saturated heterocycles. The molecule has 3 unspecified atom stereocenters. The molecule has 150 valence electrons. The number of hydrogen-bond donors (Lipinski definition) is 0. The number of hydrazone groups is 1. The number of halogens is 1. The summed E-state index contributed by atoms with van der Waals surface area (Å²) in [4.78, 5) is 4.46. The van der Waals surface area contributed by atoms with E-state index in [-0.39, 0.29) is 29.7 Å². The van der Waals surface area contributed by atoms with E-state index in [1.54, 1.807) is 12.3 Å². The minimum absolute atomic E-state index is 0.0400. The Bertz CT molecular complexity index is 862. The van der Waals surface area contributed by atoms with Gasteiger partial charge in [0.05, 0.1) is 17.5 Å². The summed E-state index contributed by atoms with van der Waals surface area (Å²) in [6, 6.07) is 3.15. The maximum atomic E-state index is 14.8. The van der Waals surface area contributed by atoms with Gasteiger partial charge in [-0.25, -0.2) is 4.39 Å². The first kappa shape index (κ1) is 19.1. The summed E-state index contributed by atoms with van der Waals surface area (Å²) in [5.74, 6) is 0.889. The Balaban J connectivity index is 1.68. The third kappa shape index (κ3) is 3.43. The van der Waals surface area contributed by atoms with Crippen LogP contribution in [0.4, 0.5) is 4.39 Å². The smallest absolute Gasteiger partial charge is 0.145 e. The van der Waals surface area contributed by atoms with E-state index in [9.17, 15) is 4.39 Å². The number of pyridine rings is 1. The number of aryl methyl sites for hydroxylation is 2. The lowest BCUT2D eigenvalue weighted by Gasteiger charge is -2.37. The van der Waals surface area contributed by atoms with Crippen molar-refractivity contribution in [3.05, 3.63) is 46.9 Å². The van der Waals surface area contributed by atoms with Crippen molar-refractivity contribution in [1.82, 2.24) is 15.1 Å². The maximum absolute atomic E-state index is 14.8. The van der Waals surface area contributed by atoms with Gasteiger partial charge in [-0.2, -0.15) is 5.10 Å². The summed E-state index contributed by atoms with van der Waals surface area (Å²) < 4.78 is 26.2. The fraction of sp³-hybridized carbons (Fsp3) is 0.571. The van der Waals surface area contributed by atoms with Crippen LogP contribution in [0.2, 0.25) is 0 Å². The van der Waals surface area contributed by atoms with E-state index in [1.165, 1.54) is 6.07 Å². The number of rotatable bonds is 4. The summed E-state index contributed by atoms with van der Waals surface area (Å²) >= 11 is 0. The van der Waals surface area contributed by atoms with Crippen LogP contribution in [0.25, 0.3) is 0 Å². The molecule has 1 fully saturated rings. The fourth-order valence-electron chi connectivity index (χ4n) is 4.86. The van der Waals surface area contributed by atoms with E-state index >= 15 is 0 Å². The van der Waals surface area contributed by atoms with Crippen LogP contribution in [0.5, 0.6) is 0 Å². The van der Waals surface area contributed by atoms with E-state index in [4.69, 9.17) is 9.26 Å². The molecule has 28 heavy (non-hydrogen) atoms. The molecule has 4 rings (SSSR count). The number of hydrogen-bond acceptors (Lipinski definition) is 6. The van der Waals surface area contributed by atoms with Gasteiger partial charge in [0, 0.05) is 49.5 Å². The van der Waals surface area contributed by atoms with Crippen molar-refractivity contribution in [1.29, 1.82) is 0 Å². The molecule has 7 heteroatoms. The average molecular weight is 386 g/mol. The molecule has 0 N–H and O–H groups in total. The Hall–Kier alpha value is -2.28. The van der Waals surface area contributed by atoms with E-state index in [2.05, 4.69) is 15.2 Å². The molecule has 2 aliphatic heterocycles. The lowest BCUT2D eigenvalue weighted by atomic mass is 9.72. The molecule has 2 aliphatic rings. The third-order valence-corrected chi connectivity index (χ3v) is 6.11. The van der Waals surface area contributed by atoms with Crippen LogP contribution in [0.1, 0.15) is 54.5 Å². The first-order chi connectivity index (χ1) is 13.5. The SMILES string of the molecule is CC1=NN(C)C[C@@H]1C(c1ncccc1F)C1CCOC(c2c(C)noc2C)C1. The zero-order chi connectivity index (χ0) is 19.8. The zero-order valence-corrected chi connectivity index (χ0v) is 16.9. The molecule has 2 aromatic rings. The second kappa shape index (κ2) is 7.62. The van der Waals surface area contributed by atoms with Gasteiger partial charge in [-0.1, -0.05) is 5.16 Å². The Morgan fingerprint density at radius 2 is 2.11 bits per heavy atom. The van der Waals surface area contributed by atoms with Crippen LogP contribution in [-0.2, 0) is 4.74 Å². The molecular formula is C21H27FN4O2. The van der Waals surface area contributed by atoms with Gasteiger partial charge in [0.15, 0.2) is 0 Å². The molecule has 0 radical (unpaired) electrons. The van der Waals surface area contributed by atoms with Gasteiger partial charge in [0.2, 0.25) is 0 Å². The average Bonchev–Trinajstić information content (AvgIpc) is 3.18. The van der Waals surface area contributed by atoms with Gasteiger partial charge >= 0.3 is 0 Å². The van der Waals surface area contributed by atoms with Crippen molar-refractivity contribution in [3.63, 3.8) is 0 Å². The van der Waals surface area contributed by atoms with Crippen LogP contribution >= 0.6 is 0 Å². The summed E-state index contributed by atoms with van der Waals surface area (Å²) in [6.45, 7) is 7.30. The highest BCUT2D eigenvalue weighted by molar-refractivity contribution is 5.86. The van der Waals surface area contributed by atoms with Gasteiger partial charge in [-0.3, -0.25) is 9.99 Å². The largest absolute Gasteiger partial charge is 0.373 e. The molecule has 4 atom stereocenters. The molecule has 0 bridgehead atoms. The van der Waals surface area contributed by atoms with Crippen molar-refractivity contribution in [2.24, 2.45) is 16.9 Å². The Kier molecular flexibility index (Phi) is 5.19. The topological polar surface area (TPSA) is 63.8 Å². The fourth-order valence-corrected chi connectivity index (χ4v) is 4.86. The quantitative estimate of drug-likeness (QED) is 0.794. The molecule has 0 aliphatic carbocycles. The highest BCUT2D eigenvalue weighted by Crippen LogP contribution is 2.45. The van der Waals surface area contributed by atoms with Gasteiger partial charge in [0.1, 0.15) is 11.6 Å². The van der Waals surface area contributed by atoms with E-state index in [1.807, 2.05) is 32.8 Å². The minimum atomic E-state index is -0.241. The van der Waals surface area contributed by atoms with Crippen LogP contribution in [0.3, 0.4) is 0 Å². The van der Waals surface area contributed by atoms with Gasteiger partial charge < -0.3 is 9.26 Å². The van der Waals surface area contributed by atoms with Crippen molar-refractivity contribution >= 4 is 5.71 Å². The van der Waals surface area contributed by atoms with Crippen LogP contribution in [0, 0.1) is 31.5 Å². The summed E-state index contributed by atoms with van der Waals surface area (Å²) in [6.07, 6.45) is 3.25. The van der Waals surface area contributed by atoms with E-state index in [0.29, 0.717) is 12.3 Å². The molecule has 0 saturated carbocycles. The normalized spacial score (nSPS) is 26.4. The van der Waals surface area contributed by atoms with Gasteiger partial charge in [-0.15, -0.1) is 0 Å². The second-order valence-electron chi connectivity index (χ2n) is 7.97. The molecule has 4 heterocycles. The van der Waals surface area contributed by atoms with Gasteiger partial charge in [-0.05, 0) is 51.7 Å². The number of nitrogens with zero attached hydrogens (tertiary/aromatic N) is 4. The number of aromatic nitrogens is 2. The van der Waals surface area contributed by atoms with Crippen LogP contribution in [0.15, 0.2) is 28.0 Å². The molecule has 0 spiro atoms. The highest BCUT2D eigenvalue weighted by atomic mass is 19.1. The van der Waals surface area contributed by atoms with Crippen molar-refractivity contribution in [3.8, 4) is 0 Å². The highest BCUT2D eigenvalue weighted by Gasteiger charge is 2.41. The number of ether oxygens (including phenoxy) is 1. The standard InChI is InChI=1S/C21H27FN4O2/c1-12-16(11-26(4)24-12)20(21-17(22)6-5-8-23-21)15-7-9-27-18(10-15)19-13(2)25-28-14(19)3/h5-6,8,15-16,18,20H,7,9-11H2,1-4H3/t15?,16-,18?,20?/m0/s1. The Morgan fingerprint density at radius 3 is 2.75 bits per heavy atom. The lowest BCUT2D eigenvalue weighted by Crippen LogP contribution is -2.34. The molecular weight excluding hydrogens is 359 g/mol. The minimum Gasteiger partial charge on any atom is -0.373 e. The predicted molar refractivity (Wildman–Crippen MR) is 104 cm³/mol. The van der Waals surface area contributed by atoms with Crippen molar-refractivity contribution in [2.75, 3.05) is 20.2 Å². The van der Waals surface area contributed by atoms with E-state index < -0.39 is 0 Å². The van der Waals surface area contributed by atoms with Crippen molar-refractivity contribution < 1.29 is 13.7 Å². The molecule has 0 aromatic carbocycles. The zero-order valence-electron chi connectivity index (χ0n) is 16.9. The molecule has 6 nitrogen and oxygen atoms in total. The summed E-state index contributed by atoms with van der Waals surface area (Å²) in [5.41, 5.74) is 3.47. The van der Waals surface area contributed by atoms with Crippen molar-refractivity contribution in [2.45, 2.75) is 45.6 Å². The Labute approximate surface area is 164 Å².